The largest absolute Gasteiger partial charge is 0.380 e. The summed E-state index contributed by atoms with van der Waals surface area (Å²) >= 11 is 0. The predicted octanol–water partition coefficient (Wildman–Crippen LogP) is 2.35. The lowest BCUT2D eigenvalue weighted by molar-refractivity contribution is -0.118. The molecule has 0 bridgehead atoms. The van der Waals surface area contributed by atoms with Crippen LogP contribution in [0.1, 0.15) is 24.5 Å². The average molecular weight is 192 g/mol. The molecule has 0 radical (unpaired) electrons. The summed E-state index contributed by atoms with van der Waals surface area (Å²) in [6.07, 6.45) is 1.16. The summed E-state index contributed by atoms with van der Waals surface area (Å²) in [6, 6.07) is 7.98. The summed E-state index contributed by atoms with van der Waals surface area (Å²) in [4.78, 5) is 11.2. The topological polar surface area (TPSA) is 26.3 Å². The van der Waals surface area contributed by atoms with Gasteiger partial charge in [0.05, 0.1) is 6.61 Å². The number of ketones is 1. The van der Waals surface area contributed by atoms with Gasteiger partial charge in [-0.25, -0.2) is 0 Å². The highest BCUT2D eigenvalue weighted by atomic mass is 16.5. The van der Waals surface area contributed by atoms with Crippen molar-refractivity contribution in [2.45, 2.75) is 26.4 Å². The first-order chi connectivity index (χ1) is 6.76. The van der Waals surface area contributed by atoms with E-state index in [-0.39, 0.29) is 5.78 Å². The predicted molar refractivity (Wildman–Crippen MR) is 56.2 cm³/mol. The molecule has 1 rings (SSSR count). The van der Waals surface area contributed by atoms with Gasteiger partial charge in [-0.05, 0) is 11.1 Å². The Morgan fingerprint density at radius 1 is 1.21 bits per heavy atom. The van der Waals surface area contributed by atoms with Gasteiger partial charge < -0.3 is 4.74 Å². The number of benzene rings is 1. The van der Waals surface area contributed by atoms with Crippen molar-refractivity contribution in [3.63, 3.8) is 0 Å². The van der Waals surface area contributed by atoms with Crippen molar-refractivity contribution in [2.24, 2.45) is 0 Å². The molecule has 1 aromatic carbocycles. The van der Waals surface area contributed by atoms with Gasteiger partial charge in [0, 0.05) is 20.0 Å². The van der Waals surface area contributed by atoms with E-state index in [0.717, 1.165) is 11.1 Å². The molecule has 0 N–H and O–H groups in total. The molecule has 0 aromatic heterocycles. The highest BCUT2D eigenvalue weighted by Crippen LogP contribution is 2.07. The normalized spacial score (nSPS) is 10.1. The number of rotatable bonds is 5. The summed E-state index contributed by atoms with van der Waals surface area (Å²) in [6.45, 7) is 2.52. The lowest BCUT2D eigenvalue weighted by atomic mass is 10.1. The average Bonchev–Trinajstić information content (AvgIpc) is 2.21. The van der Waals surface area contributed by atoms with Crippen LogP contribution in [-0.4, -0.2) is 12.9 Å². The maximum absolute atomic E-state index is 11.2. The van der Waals surface area contributed by atoms with E-state index in [2.05, 4.69) is 0 Å². The Bertz CT molecular complexity index is 288. The summed E-state index contributed by atoms with van der Waals surface area (Å²) in [5.41, 5.74) is 2.22. The molecule has 0 spiro atoms. The number of Topliss-reactive ketones (excluding diaryl/α,β-unsaturated/α-hetero) is 1. The van der Waals surface area contributed by atoms with Crippen molar-refractivity contribution in [1.29, 1.82) is 0 Å². The molecular formula is C12H16O2. The van der Waals surface area contributed by atoms with Crippen molar-refractivity contribution < 1.29 is 9.53 Å². The maximum Gasteiger partial charge on any atom is 0.136 e. The number of methoxy groups -OCH3 is 1. The van der Waals surface area contributed by atoms with Gasteiger partial charge in [-0.2, -0.15) is 0 Å². The number of ether oxygens (including phenoxy) is 1. The van der Waals surface area contributed by atoms with Crippen LogP contribution in [0.25, 0.3) is 0 Å². The van der Waals surface area contributed by atoms with E-state index >= 15 is 0 Å². The smallest absolute Gasteiger partial charge is 0.136 e. The number of carbonyl (C=O) groups is 1. The Morgan fingerprint density at radius 2 is 1.79 bits per heavy atom. The van der Waals surface area contributed by atoms with Crippen LogP contribution in [0.5, 0.6) is 0 Å². The Labute approximate surface area is 84.9 Å². The van der Waals surface area contributed by atoms with Crippen LogP contribution < -0.4 is 0 Å². The van der Waals surface area contributed by atoms with Gasteiger partial charge in [0.1, 0.15) is 5.78 Å². The van der Waals surface area contributed by atoms with E-state index in [4.69, 9.17) is 4.74 Å². The van der Waals surface area contributed by atoms with Crippen molar-refractivity contribution in [1.82, 2.24) is 0 Å². The molecule has 2 nitrogen and oxygen atoms in total. The molecule has 0 aliphatic carbocycles. The highest BCUT2D eigenvalue weighted by Gasteiger charge is 2.00. The Kier molecular flexibility index (Phi) is 4.33. The summed E-state index contributed by atoms with van der Waals surface area (Å²) in [5, 5.41) is 0. The zero-order valence-electron chi connectivity index (χ0n) is 8.75. The van der Waals surface area contributed by atoms with E-state index in [0.29, 0.717) is 19.4 Å². The molecule has 0 aliphatic rings. The first-order valence-electron chi connectivity index (χ1n) is 4.84. The van der Waals surface area contributed by atoms with Gasteiger partial charge >= 0.3 is 0 Å². The van der Waals surface area contributed by atoms with E-state index in [1.807, 2.05) is 31.2 Å². The van der Waals surface area contributed by atoms with Crippen LogP contribution in [0.4, 0.5) is 0 Å². The van der Waals surface area contributed by atoms with Crippen LogP contribution in [0, 0.1) is 0 Å². The second kappa shape index (κ2) is 5.55. The molecule has 14 heavy (non-hydrogen) atoms. The van der Waals surface area contributed by atoms with Crippen LogP contribution >= 0.6 is 0 Å². The fraction of sp³-hybridized carbons (Fsp3) is 0.417. The van der Waals surface area contributed by atoms with Gasteiger partial charge in [0.2, 0.25) is 0 Å². The number of carbonyl (C=O) groups excluding carboxylic acids is 1. The minimum Gasteiger partial charge on any atom is -0.380 e. The van der Waals surface area contributed by atoms with Gasteiger partial charge in [-0.15, -0.1) is 0 Å². The SMILES string of the molecule is CCC(=O)Cc1ccc(COC)cc1. The van der Waals surface area contributed by atoms with Crippen molar-refractivity contribution in [3.05, 3.63) is 35.4 Å². The summed E-state index contributed by atoms with van der Waals surface area (Å²) in [5.74, 6) is 0.282. The molecule has 0 saturated carbocycles. The van der Waals surface area contributed by atoms with Crippen molar-refractivity contribution in [3.8, 4) is 0 Å². The van der Waals surface area contributed by atoms with Crippen LogP contribution in [-0.2, 0) is 22.6 Å². The maximum atomic E-state index is 11.2. The Hall–Kier alpha value is -1.15. The molecule has 0 heterocycles. The first kappa shape index (κ1) is 10.9. The van der Waals surface area contributed by atoms with Gasteiger partial charge in [-0.1, -0.05) is 31.2 Å². The molecule has 1 aromatic rings. The number of hydrogen-bond acceptors (Lipinski definition) is 2. The molecule has 2 heteroatoms. The van der Waals surface area contributed by atoms with Crippen molar-refractivity contribution >= 4 is 5.78 Å². The van der Waals surface area contributed by atoms with Crippen molar-refractivity contribution in [2.75, 3.05) is 7.11 Å². The van der Waals surface area contributed by atoms with E-state index in [1.54, 1.807) is 7.11 Å². The van der Waals surface area contributed by atoms with E-state index in [9.17, 15) is 4.79 Å². The molecule has 0 unspecified atom stereocenters. The lowest BCUT2D eigenvalue weighted by Gasteiger charge is -2.02. The molecule has 0 atom stereocenters. The lowest BCUT2D eigenvalue weighted by Crippen LogP contribution is -2.00. The third-order valence-corrected chi connectivity index (χ3v) is 2.13. The number of hydrogen-bond donors (Lipinski definition) is 0. The highest BCUT2D eigenvalue weighted by molar-refractivity contribution is 5.80. The Balaban J connectivity index is 2.59. The quantitative estimate of drug-likeness (QED) is 0.715. The first-order valence-corrected chi connectivity index (χ1v) is 4.84. The standard InChI is InChI=1S/C12H16O2/c1-3-12(13)8-10-4-6-11(7-5-10)9-14-2/h4-7H,3,8-9H2,1-2H3. The molecule has 0 amide bonds. The Morgan fingerprint density at radius 3 is 2.29 bits per heavy atom. The molecule has 0 saturated heterocycles. The fourth-order valence-electron chi connectivity index (χ4n) is 1.27. The summed E-state index contributed by atoms with van der Waals surface area (Å²) < 4.78 is 5.00. The van der Waals surface area contributed by atoms with E-state index < -0.39 is 0 Å². The van der Waals surface area contributed by atoms with E-state index in [1.165, 1.54) is 0 Å². The fourth-order valence-corrected chi connectivity index (χ4v) is 1.27. The minimum absolute atomic E-state index is 0.282. The zero-order chi connectivity index (χ0) is 10.4. The zero-order valence-corrected chi connectivity index (χ0v) is 8.75. The van der Waals surface area contributed by atoms with Crippen LogP contribution in [0.3, 0.4) is 0 Å². The van der Waals surface area contributed by atoms with Crippen LogP contribution in [0.2, 0.25) is 0 Å². The molecule has 0 fully saturated rings. The summed E-state index contributed by atoms with van der Waals surface area (Å²) in [7, 11) is 1.68. The third kappa shape index (κ3) is 3.30. The third-order valence-electron chi connectivity index (χ3n) is 2.13. The van der Waals surface area contributed by atoms with Gasteiger partial charge in [-0.3, -0.25) is 4.79 Å². The molecule has 76 valence electrons. The monoisotopic (exact) mass is 192 g/mol. The van der Waals surface area contributed by atoms with Gasteiger partial charge in [0.15, 0.2) is 0 Å². The second-order valence-corrected chi connectivity index (χ2v) is 3.32. The molecule has 0 aliphatic heterocycles. The second-order valence-electron chi connectivity index (χ2n) is 3.32. The van der Waals surface area contributed by atoms with Crippen LogP contribution in [0.15, 0.2) is 24.3 Å². The van der Waals surface area contributed by atoms with Gasteiger partial charge in [0.25, 0.3) is 0 Å². The minimum atomic E-state index is 0.282. The molecular weight excluding hydrogens is 176 g/mol.